The van der Waals surface area contributed by atoms with E-state index in [0.29, 0.717) is 0 Å². The van der Waals surface area contributed by atoms with Crippen LogP contribution >= 0.6 is 0 Å². The lowest BCUT2D eigenvalue weighted by Crippen LogP contribution is -2.46. The molecule has 39 heavy (non-hydrogen) atoms. The Bertz CT molecular complexity index is 728. The van der Waals surface area contributed by atoms with Gasteiger partial charge in [-0.2, -0.15) is 0 Å². The van der Waals surface area contributed by atoms with Crippen molar-refractivity contribution in [1.82, 2.24) is 0 Å². The van der Waals surface area contributed by atoms with E-state index in [1.165, 1.54) is 0 Å². The van der Waals surface area contributed by atoms with Crippen LogP contribution in [0, 0.1) is 16.7 Å². The first kappa shape index (κ1) is 36.3. The lowest BCUT2D eigenvalue weighted by Gasteiger charge is -2.35. The first-order chi connectivity index (χ1) is 18.4. The summed E-state index contributed by atoms with van der Waals surface area (Å²) < 4.78 is 32.5. The van der Waals surface area contributed by atoms with E-state index in [2.05, 4.69) is 0 Å². The molecule has 1 unspecified atom stereocenters. The van der Waals surface area contributed by atoms with Crippen LogP contribution in [-0.2, 0) is 52.4 Å². The molecule has 0 spiro atoms. The highest BCUT2D eigenvalue weighted by molar-refractivity contribution is 5.70. The third-order valence-corrected chi connectivity index (χ3v) is 5.58. The van der Waals surface area contributed by atoms with E-state index in [1.54, 1.807) is 27.7 Å². The summed E-state index contributed by atoms with van der Waals surface area (Å²) in [6, 6.07) is 0. The van der Waals surface area contributed by atoms with Crippen LogP contribution in [0.2, 0.25) is 0 Å². The van der Waals surface area contributed by atoms with Gasteiger partial charge in [-0.3, -0.25) is 24.0 Å². The summed E-state index contributed by atoms with van der Waals surface area (Å²) in [5.41, 5.74) is -2.57. The second kappa shape index (κ2) is 19.3. The molecule has 0 aliphatic rings. The molecule has 0 aliphatic carbocycles. The van der Waals surface area contributed by atoms with E-state index in [4.69, 9.17) is 28.4 Å². The lowest BCUT2D eigenvalue weighted by molar-refractivity contribution is -0.172. The average Bonchev–Trinajstić information content (AvgIpc) is 2.93. The van der Waals surface area contributed by atoms with Gasteiger partial charge in [-0.05, 0) is 5.92 Å². The fraction of sp³-hybridized carbons (Fsp3) is 0.815. The van der Waals surface area contributed by atoms with Gasteiger partial charge in [-0.25, -0.2) is 0 Å². The van der Waals surface area contributed by atoms with Gasteiger partial charge in [0.05, 0.1) is 30.7 Å². The molecular formula is C27H46O12. The number of hydrogen-bond acceptors (Lipinski definition) is 12. The summed E-state index contributed by atoms with van der Waals surface area (Å²) in [5, 5.41) is 10.2. The number of carbonyl (C=O) groups is 5. The van der Waals surface area contributed by atoms with E-state index in [0.717, 1.165) is 0 Å². The number of rotatable bonds is 21. The van der Waals surface area contributed by atoms with Crippen molar-refractivity contribution in [3.05, 3.63) is 0 Å². The van der Waals surface area contributed by atoms with Crippen molar-refractivity contribution in [2.75, 3.05) is 52.9 Å². The highest BCUT2D eigenvalue weighted by Crippen LogP contribution is 2.25. The third kappa shape index (κ3) is 15.4. The number of ether oxygens (including phenoxy) is 6. The second-order valence-electron chi connectivity index (χ2n) is 9.97. The van der Waals surface area contributed by atoms with E-state index < -0.39 is 47.3 Å². The maximum absolute atomic E-state index is 12.2. The number of esters is 5. The zero-order valence-corrected chi connectivity index (χ0v) is 24.2. The highest BCUT2D eigenvalue weighted by atomic mass is 16.6. The van der Waals surface area contributed by atoms with E-state index in [9.17, 15) is 29.1 Å². The van der Waals surface area contributed by atoms with E-state index in [-0.39, 0.29) is 84.3 Å². The first-order valence-electron chi connectivity index (χ1n) is 13.4. The minimum Gasteiger partial charge on any atom is -0.465 e. The molecule has 0 bridgehead atoms. The molecule has 0 heterocycles. The van der Waals surface area contributed by atoms with Gasteiger partial charge in [0.2, 0.25) is 0 Å². The standard InChI is InChI=1S/C27H46O12/c1-7-21(29)35-15-26(12-28,16-39-25(33)11-20(5)6)13-34-14-27(17-36-22(30)8-2,18-37-23(31)9-3)19-38-24(32)10-4/h20,28H,7-19H2,1-6H3. The first-order valence-corrected chi connectivity index (χ1v) is 13.4. The molecule has 0 amide bonds. The number of carbonyl (C=O) groups excluding carboxylic acids is 5. The predicted octanol–water partition coefficient (Wildman–Crippen LogP) is 2.37. The molecule has 1 atom stereocenters. The molecule has 0 saturated heterocycles. The predicted molar refractivity (Wildman–Crippen MR) is 138 cm³/mol. The molecule has 226 valence electrons. The number of hydrogen-bond donors (Lipinski definition) is 1. The molecule has 0 aromatic heterocycles. The summed E-state index contributed by atoms with van der Waals surface area (Å²) in [5.74, 6) is -2.49. The molecule has 0 rings (SSSR count). The van der Waals surface area contributed by atoms with Crippen LogP contribution in [0.15, 0.2) is 0 Å². The Morgan fingerprint density at radius 2 is 0.846 bits per heavy atom. The highest BCUT2D eigenvalue weighted by Gasteiger charge is 2.39. The molecule has 12 nitrogen and oxygen atoms in total. The van der Waals surface area contributed by atoms with Crippen molar-refractivity contribution in [2.45, 2.75) is 73.6 Å². The summed E-state index contributed by atoms with van der Waals surface area (Å²) in [7, 11) is 0. The van der Waals surface area contributed by atoms with Crippen LogP contribution in [0.25, 0.3) is 0 Å². The van der Waals surface area contributed by atoms with Crippen molar-refractivity contribution in [3.8, 4) is 0 Å². The largest absolute Gasteiger partial charge is 0.465 e. The minimum atomic E-state index is -1.30. The average molecular weight is 563 g/mol. The normalized spacial score (nSPS) is 12.8. The van der Waals surface area contributed by atoms with Crippen molar-refractivity contribution >= 4 is 29.8 Å². The van der Waals surface area contributed by atoms with Gasteiger partial charge < -0.3 is 33.5 Å². The molecular weight excluding hydrogens is 516 g/mol. The van der Waals surface area contributed by atoms with Crippen molar-refractivity contribution in [1.29, 1.82) is 0 Å². The number of aliphatic hydroxyl groups is 1. The number of aliphatic hydroxyl groups excluding tert-OH is 1. The van der Waals surface area contributed by atoms with E-state index >= 15 is 0 Å². The van der Waals surface area contributed by atoms with E-state index in [1.807, 2.05) is 13.8 Å². The fourth-order valence-corrected chi connectivity index (χ4v) is 2.96. The Hall–Kier alpha value is -2.73. The molecule has 12 heteroatoms. The van der Waals surface area contributed by atoms with Crippen molar-refractivity contribution in [2.24, 2.45) is 16.7 Å². The van der Waals surface area contributed by atoms with Crippen LogP contribution in [0.3, 0.4) is 0 Å². The lowest BCUT2D eigenvalue weighted by atomic mass is 9.90. The SMILES string of the molecule is CCC(=O)OCC(CO)(COCC(COC(=O)CC)(COC(=O)CC)COC(=O)CC)COC(=O)CC(C)C. The van der Waals surface area contributed by atoms with Crippen LogP contribution in [0.5, 0.6) is 0 Å². The zero-order chi connectivity index (χ0) is 29.9. The molecule has 0 saturated carbocycles. The maximum Gasteiger partial charge on any atom is 0.306 e. The summed E-state index contributed by atoms with van der Waals surface area (Å²) in [4.78, 5) is 59.8. The van der Waals surface area contributed by atoms with Gasteiger partial charge in [-0.15, -0.1) is 0 Å². The Kier molecular flexibility index (Phi) is 18.0. The van der Waals surface area contributed by atoms with Crippen LogP contribution in [-0.4, -0.2) is 87.8 Å². The molecule has 0 fully saturated rings. The van der Waals surface area contributed by atoms with Gasteiger partial charge in [0.25, 0.3) is 0 Å². The van der Waals surface area contributed by atoms with Crippen LogP contribution in [0.4, 0.5) is 0 Å². The second-order valence-corrected chi connectivity index (χ2v) is 9.97. The molecule has 0 aromatic rings. The molecule has 0 radical (unpaired) electrons. The Morgan fingerprint density at radius 1 is 0.538 bits per heavy atom. The van der Waals surface area contributed by atoms with Crippen molar-refractivity contribution in [3.63, 3.8) is 0 Å². The smallest absolute Gasteiger partial charge is 0.306 e. The third-order valence-electron chi connectivity index (χ3n) is 5.58. The Morgan fingerprint density at radius 3 is 1.15 bits per heavy atom. The minimum absolute atomic E-state index is 0.0540. The van der Waals surface area contributed by atoms with Gasteiger partial charge in [0.15, 0.2) is 0 Å². The van der Waals surface area contributed by atoms with Crippen LogP contribution in [0.1, 0.15) is 73.6 Å². The van der Waals surface area contributed by atoms with Gasteiger partial charge in [0, 0.05) is 32.1 Å². The fourth-order valence-electron chi connectivity index (χ4n) is 2.96. The van der Waals surface area contributed by atoms with Gasteiger partial charge in [0.1, 0.15) is 33.0 Å². The Balaban J connectivity index is 5.89. The topological polar surface area (TPSA) is 161 Å². The Labute approximate surface area is 231 Å². The molecule has 0 aromatic carbocycles. The van der Waals surface area contributed by atoms with Gasteiger partial charge in [-0.1, -0.05) is 41.5 Å². The maximum atomic E-state index is 12.2. The monoisotopic (exact) mass is 562 g/mol. The van der Waals surface area contributed by atoms with Gasteiger partial charge >= 0.3 is 29.8 Å². The quantitative estimate of drug-likeness (QED) is 0.161. The zero-order valence-electron chi connectivity index (χ0n) is 24.2. The van der Waals surface area contributed by atoms with Crippen molar-refractivity contribution < 1.29 is 57.5 Å². The summed E-state index contributed by atoms with van der Waals surface area (Å²) in [6.45, 7) is 7.70. The van der Waals surface area contributed by atoms with Crippen LogP contribution < -0.4 is 0 Å². The summed E-state index contributed by atoms with van der Waals surface area (Å²) in [6.07, 6.45) is 0.553. The summed E-state index contributed by atoms with van der Waals surface area (Å²) >= 11 is 0. The molecule has 1 N–H and O–H groups in total. The molecule has 0 aliphatic heterocycles.